The molecule has 4 rings (SSSR count). The fourth-order valence-corrected chi connectivity index (χ4v) is 3.15. The summed E-state index contributed by atoms with van der Waals surface area (Å²) in [6, 6.07) is 4.21. The van der Waals surface area contributed by atoms with Gasteiger partial charge in [0, 0.05) is 24.8 Å². The van der Waals surface area contributed by atoms with Gasteiger partial charge in [-0.2, -0.15) is 15.1 Å². The van der Waals surface area contributed by atoms with E-state index in [-0.39, 0.29) is 0 Å². The van der Waals surface area contributed by atoms with Gasteiger partial charge in [-0.15, -0.1) is 0 Å². The van der Waals surface area contributed by atoms with Gasteiger partial charge in [0.2, 0.25) is 5.95 Å². The standard InChI is InChI=1S/C17H22N8/c1-24-7-5-12(6-8-24)20-17-22-15(18)13-3-4-14(21-16(13)23-17)11-9-19-25(2)10-11/h3-4,9-10,12H,5-8H2,1-2H3,(H3,18,20,21,22,23). The van der Waals surface area contributed by atoms with Gasteiger partial charge in [-0.05, 0) is 45.1 Å². The van der Waals surface area contributed by atoms with Crippen LogP contribution in [0.5, 0.6) is 0 Å². The highest BCUT2D eigenvalue weighted by molar-refractivity contribution is 5.87. The van der Waals surface area contributed by atoms with Gasteiger partial charge in [0.15, 0.2) is 5.65 Å². The summed E-state index contributed by atoms with van der Waals surface area (Å²) < 4.78 is 1.75. The molecule has 0 unspecified atom stereocenters. The molecule has 25 heavy (non-hydrogen) atoms. The first-order valence-electron chi connectivity index (χ1n) is 8.47. The van der Waals surface area contributed by atoms with E-state index in [2.05, 4.69) is 37.3 Å². The molecule has 130 valence electrons. The van der Waals surface area contributed by atoms with E-state index in [0.717, 1.165) is 42.6 Å². The number of aryl methyl sites for hydroxylation is 1. The highest BCUT2D eigenvalue weighted by atomic mass is 15.2. The molecule has 3 aromatic rings. The Bertz CT molecular complexity index is 895. The van der Waals surface area contributed by atoms with Crippen LogP contribution in [-0.4, -0.2) is 55.8 Å². The number of anilines is 2. The second kappa shape index (κ2) is 6.29. The van der Waals surface area contributed by atoms with E-state index >= 15 is 0 Å². The molecule has 0 radical (unpaired) electrons. The zero-order valence-corrected chi connectivity index (χ0v) is 14.5. The van der Waals surface area contributed by atoms with Crippen molar-refractivity contribution in [3.8, 4) is 11.3 Å². The Labute approximate surface area is 146 Å². The molecular weight excluding hydrogens is 316 g/mol. The largest absolute Gasteiger partial charge is 0.383 e. The van der Waals surface area contributed by atoms with E-state index in [1.165, 1.54) is 0 Å². The van der Waals surface area contributed by atoms with Gasteiger partial charge in [0.05, 0.1) is 17.3 Å². The Kier molecular flexibility index (Phi) is 3.96. The molecule has 0 spiro atoms. The molecule has 0 saturated carbocycles. The van der Waals surface area contributed by atoms with E-state index in [4.69, 9.17) is 5.73 Å². The van der Waals surface area contributed by atoms with Crippen LogP contribution in [-0.2, 0) is 7.05 Å². The van der Waals surface area contributed by atoms with Crippen LogP contribution >= 0.6 is 0 Å². The average Bonchev–Trinajstić information content (AvgIpc) is 3.03. The molecule has 1 aliphatic rings. The lowest BCUT2D eigenvalue weighted by Crippen LogP contribution is -2.37. The molecule has 1 aliphatic heterocycles. The highest BCUT2D eigenvalue weighted by Gasteiger charge is 2.18. The Morgan fingerprint density at radius 3 is 2.64 bits per heavy atom. The second-order valence-electron chi connectivity index (χ2n) is 6.62. The van der Waals surface area contributed by atoms with Crippen LogP contribution in [0, 0.1) is 0 Å². The van der Waals surface area contributed by atoms with Crippen molar-refractivity contribution >= 4 is 22.8 Å². The molecule has 0 atom stereocenters. The monoisotopic (exact) mass is 338 g/mol. The number of aromatic nitrogens is 5. The van der Waals surface area contributed by atoms with Crippen LogP contribution in [0.3, 0.4) is 0 Å². The van der Waals surface area contributed by atoms with Crippen molar-refractivity contribution in [1.29, 1.82) is 0 Å². The molecule has 4 heterocycles. The van der Waals surface area contributed by atoms with Crippen LogP contribution in [0.1, 0.15) is 12.8 Å². The lowest BCUT2D eigenvalue weighted by molar-refractivity contribution is 0.263. The minimum atomic E-state index is 0.370. The van der Waals surface area contributed by atoms with Crippen LogP contribution in [0.4, 0.5) is 11.8 Å². The number of nitrogen functional groups attached to an aromatic ring is 1. The first kappa shape index (κ1) is 15.8. The number of pyridine rings is 1. The van der Waals surface area contributed by atoms with Crippen LogP contribution in [0.25, 0.3) is 22.3 Å². The molecule has 0 aromatic carbocycles. The van der Waals surface area contributed by atoms with E-state index < -0.39 is 0 Å². The first-order chi connectivity index (χ1) is 12.1. The highest BCUT2D eigenvalue weighted by Crippen LogP contribution is 2.24. The van der Waals surface area contributed by atoms with Crippen LogP contribution < -0.4 is 11.1 Å². The van der Waals surface area contributed by atoms with Crippen molar-refractivity contribution in [1.82, 2.24) is 29.6 Å². The molecule has 8 nitrogen and oxygen atoms in total. The summed E-state index contributed by atoms with van der Waals surface area (Å²) >= 11 is 0. The predicted octanol–water partition coefficient (Wildman–Crippen LogP) is 1.51. The molecule has 3 N–H and O–H groups in total. The van der Waals surface area contributed by atoms with E-state index in [9.17, 15) is 0 Å². The zero-order chi connectivity index (χ0) is 17.4. The number of fused-ring (bicyclic) bond motifs is 1. The molecule has 0 bridgehead atoms. The minimum absolute atomic E-state index is 0.370. The minimum Gasteiger partial charge on any atom is -0.383 e. The van der Waals surface area contributed by atoms with Crippen molar-refractivity contribution in [3.63, 3.8) is 0 Å². The summed E-state index contributed by atoms with van der Waals surface area (Å²) in [5.74, 6) is 1.00. The Morgan fingerprint density at radius 1 is 1.12 bits per heavy atom. The molecule has 8 heteroatoms. The summed E-state index contributed by atoms with van der Waals surface area (Å²) in [5.41, 5.74) is 8.50. The number of nitrogens with one attached hydrogen (secondary N) is 1. The van der Waals surface area contributed by atoms with Crippen LogP contribution in [0.2, 0.25) is 0 Å². The van der Waals surface area contributed by atoms with Crippen LogP contribution in [0.15, 0.2) is 24.5 Å². The summed E-state index contributed by atoms with van der Waals surface area (Å²) in [6.45, 7) is 2.15. The molecule has 1 saturated heterocycles. The van der Waals surface area contributed by atoms with E-state index in [1.807, 2.05) is 25.4 Å². The first-order valence-corrected chi connectivity index (χ1v) is 8.47. The molecule has 3 aromatic heterocycles. The number of nitrogens with zero attached hydrogens (tertiary/aromatic N) is 6. The molecule has 0 amide bonds. The average molecular weight is 338 g/mol. The van der Waals surface area contributed by atoms with Gasteiger partial charge in [0.1, 0.15) is 5.82 Å². The molecule has 1 fully saturated rings. The van der Waals surface area contributed by atoms with Gasteiger partial charge in [-0.3, -0.25) is 4.68 Å². The topological polar surface area (TPSA) is 97.8 Å². The normalized spacial score (nSPS) is 16.4. The maximum absolute atomic E-state index is 6.12. The Hall–Kier alpha value is -2.74. The number of likely N-dealkylation sites (tertiary alicyclic amines) is 1. The SMILES string of the molecule is CN1CCC(Nc2nc(N)c3ccc(-c4cnn(C)c4)nc3n2)CC1. The third-order valence-electron chi connectivity index (χ3n) is 4.64. The quantitative estimate of drug-likeness (QED) is 0.747. The summed E-state index contributed by atoms with van der Waals surface area (Å²) in [4.78, 5) is 16.0. The smallest absolute Gasteiger partial charge is 0.226 e. The van der Waals surface area contributed by atoms with E-state index in [0.29, 0.717) is 23.5 Å². The third-order valence-corrected chi connectivity index (χ3v) is 4.64. The van der Waals surface area contributed by atoms with E-state index in [1.54, 1.807) is 10.9 Å². The van der Waals surface area contributed by atoms with Gasteiger partial charge >= 0.3 is 0 Å². The fourth-order valence-electron chi connectivity index (χ4n) is 3.15. The third kappa shape index (κ3) is 3.25. The number of hydrogen-bond donors (Lipinski definition) is 2. The summed E-state index contributed by atoms with van der Waals surface area (Å²) in [5, 5.41) is 8.37. The molecule has 0 aliphatic carbocycles. The Balaban J connectivity index is 1.64. The fraction of sp³-hybridized carbons (Fsp3) is 0.412. The van der Waals surface area contributed by atoms with Gasteiger partial charge in [-0.1, -0.05) is 0 Å². The number of nitrogens with two attached hydrogens (primary N) is 1. The van der Waals surface area contributed by atoms with Crippen molar-refractivity contribution in [2.24, 2.45) is 7.05 Å². The lowest BCUT2D eigenvalue weighted by atomic mass is 10.1. The number of piperidine rings is 1. The number of rotatable bonds is 3. The lowest BCUT2D eigenvalue weighted by Gasteiger charge is -2.29. The van der Waals surface area contributed by atoms with Crippen molar-refractivity contribution in [3.05, 3.63) is 24.5 Å². The maximum Gasteiger partial charge on any atom is 0.226 e. The predicted molar refractivity (Wildman–Crippen MR) is 98.1 cm³/mol. The molecular formula is C17H22N8. The van der Waals surface area contributed by atoms with Crippen molar-refractivity contribution in [2.45, 2.75) is 18.9 Å². The Morgan fingerprint density at radius 2 is 1.92 bits per heavy atom. The number of hydrogen-bond acceptors (Lipinski definition) is 7. The van der Waals surface area contributed by atoms with Crippen molar-refractivity contribution in [2.75, 3.05) is 31.2 Å². The maximum atomic E-state index is 6.12. The zero-order valence-electron chi connectivity index (χ0n) is 14.5. The summed E-state index contributed by atoms with van der Waals surface area (Å²) in [7, 11) is 4.03. The van der Waals surface area contributed by atoms with Gasteiger partial charge < -0.3 is 16.0 Å². The second-order valence-corrected chi connectivity index (χ2v) is 6.62. The van der Waals surface area contributed by atoms with Gasteiger partial charge in [-0.25, -0.2) is 4.98 Å². The summed E-state index contributed by atoms with van der Waals surface area (Å²) in [6.07, 6.45) is 5.86. The van der Waals surface area contributed by atoms with Crippen molar-refractivity contribution < 1.29 is 0 Å². The van der Waals surface area contributed by atoms with Gasteiger partial charge in [0.25, 0.3) is 0 Å².